The highest BCUT2D eigenvalue weighted by Crippen LogP contribution is 2.09. The molecule has 0 saturated carbocycles. The van der Waals surface area contributed by atoms with Crippen molar-refractivity contribution in [2.75, 3.05) is 25.1 Å². The summed E-state index contributed by atoms with van der Waals surface area (Å²) in [4.78, 5) is 11.9. The van der Waals surface area contributed by atoms with Gasteiger partial charge in [0, 0.05) is 40.5 Å². The molecule has 0 fully saturated rings. The molecule has 0 bridgehead atoms. The molecule has 1 unspecified atom stereocenters. The lowest BCUT2D eigenvalue weighted by molar-refractivity contribution is 0.0956. The van der Waals surface area contributed by atoms with Crippen molar-refractivity contribution in [2.45, 2.75) is 6.92 Å². The fraction of sp³-hybridized carbons (Fsp3) is 0.357. The second-order valence-corrected chi connectivity index (χ2v) is 5.68. The van der Waals surface area contributed by atoms with Crippen molar-refractivity contribution in [3.63, 3.8) is 0 Å². The van der Waals surface area contributed by atoms with E-state index in [0.717, 1.165) is 11.1 Å². The zero-order valence-electron chi connectivity index (χ0n) is 11.2. The number of aryl methyl sites for hydroxylation is 1. The SMILES string of the molecule is Cc1cc(C#CCN)cc(C(=O)NCCS(C)=O)c1. The van der Waals surface area contributed by atoms with Crippen molar-refractivity contribution < 1.29 is 9.00 Å². The molecule has 0 aliphatic rings. The summed E-state index contributed by atoms with van der Waals surface area (Å²) in [7, 11) is -0.902. The monoisotopic (exact) mass is 278 g/mol. The number of hydrogen-bond donors (Lipinski definition) is 2. The van der Waals surface area contributed by atoms with Gasteiger partial charge in [-0.25, -0.2) is 0 Å². The average molecular weight is 278 g/mol. The van der Waals surface area contributed by atoms with Crippen LogP contribution in [0.3, 0.4) is 0 Å². The van der Waals surface area contributed by atoms with Gasteiger partial charge in [-0.15, -0.1) is 0 Å². The first-order valence-corrected chi connectivity index (χ1v) is 7.64. The van der Waals surface area contributed by atoms with Gasteiger partial charge in [0.25, 0.3) is 5.91 Å². The zero-order valence-corrected chi connectivity index (χ0v) is 12.0. The third-order valence-corrected chi connectivity index (χ3v) is 3.13. The molecule has 1 atom stereocenters. The quantitative estimate of drug-likeness (QED) is 0.784. The predicted molar refractivity (Wildman–Crippen MR) is 78.4 cm³/mol. The number of carbonyl (C=O) groups excluding carboxylic acids is 1. The van der Waals surface area contributed by atoms with Crippen LogP contribution in [0, 0.1) is 18.8 Å². The summed E-state index contributed by atoms with van der Waals surface area (Å²) in [5.74, 6) is 5.95. The maximum absolute atomic E-state index is 11.9. The van der Waals surface area contributed by atoms with Crippen LogP contribution in [0.4, 0.5) is 0 Å². The van der Waals surface area contributed by atoms with Crippen LogP contribution in [-0.2, 0) is 10.8 Å². The molecule has 102 valence electrons. The Bertz CT molecular complexity index is 544. The van der Waals surface area contributed by atoms with Crippen molar-refractivity contribution >= 4 is 16.7 Å². The normalized spacial score (nSPS) is 11.3. The molecule has 1 rings (SSSR count). The predicted octanol–water partition coefficient (Wildman–Crippen LogP) is 0.414. The molecule has 1 aromatic carbocycles. The molecular weight excluding hydrogens is 260 g/mol. The molecule has 0 aliphatic heterocycles. The van der Waals surface area contributed by atoms with Gasteiger partial charge in [0.05, 0.1) is 6.54 Å². The lowest BCUT2D eigenvalue weighted by Crippen LogP contribution is -2.27. The molecule has 0 spiro atoms. The summed E-state index contributed by atoms with van der Waals surface area (Å²) in [6.45, 7) is 2.60. The van der Waals surface area contributed by atoms with Crippen molar-refractivity contribution in [3.05, 3.63) is 34.9 Å². The van der Waals surface area contributed by atoms with Gasteiger partial charge in [0.1, 0.15) is 0 Å². The number of nitrogens with one attached hydrogen (secondary N) is 1. The van der Waals surface area contributed by atoms with Crippen LogP contribution >= 0.6 is 0 Å². The minimum atomic E-state index is -0.902. The summed E-state index contributed by atoms with van der Waals surface area (Å²) < 4.78 is 10.9. The van der Waals surface area contributed by atoms with Gasteiger partial charge in [-0.2, -0.15) is 0 Å². The lowest BCUT2D eigenvalue weighted by Gasteiger charge is -2.06. The van der Waals surface area contributed by atoms with Crippen LogP contribution in [0.5, 0.6) is 0 Å². The molecule has 1 aromatic rings. The third-order valence-electron chi connectivity index (χ3n) is 2.35. The van der Waals surface area contributed by atoms with Gasteiger partial charge in [-0.05, 0) is 30.7 Å². The molecule has 0 aliphatic carbocycles. The molecule has 1 amide bonds. The first kappa shape index (κ1) is 15.4. The van der Waals surface area contributed by atoms with E-state index in [4.69, 9.17) is 5.73 Å². The van der Waals surface area contributed by atoms with Crippen LogP contribution in [0.25, 0.3) is 0 Å². The number of carbonyl (C=O) groups is 1. The molecule has 19 heavy (non-hydrogen) atoms. The number of hydrogen-bond acceptors (Lipinski definition) is 3. The van der Waals surface area contributed by atoms with E-state index >= 15 is 0 Å². The molecule has 0 heterocycles. The Kier molecular flexibility index (Phi) is 6.26. The number of rotatable bonds is 4. The van der Waals surface area contributed by atoms with Crippen LogP contribution in [0.2, 0.25) is 0 Å². The van der Waals surface area contributed by atoms with Crippen LogP contribution in [0.15, 0.2) is 18.2 Å². The Labute approximate surface area is 116 Å². The van der Waals surface area contributed by atoms with Crippen LogP contribution < -0.4 is 11.1 Å². The van der Waals surface area contributed by atoms with E-state index < -0.39 is 10.8 Å². The van der Waals surface area contributed by atoms with E-state index in [1.54, 1.807) is 18.4 Å². The van der Waals surface area contributed by atoms with E-state index in [0.29, 0.717) is 17.9 Å². The zero-order chi connectivity index (χ0) is 14.3. The minimum absolute atomic E-state index is 0.176. The third kappa shape index (κ3) is 5.69. The van der Waals surface area contributed by atoms with Gasteiger partial charge in [-0.3, -0.25) is 9.00 Å². The summed E-state index contributed by atoms with van der Waals surface area (Å²) in [6.07, 6.45) is 1.61. The van der Waals surface area contributed by atoms with E-state index in [-0.39, 0.29) is 12.5 Å². The van der Waals surface area contributed by atoms with Gasteiger partial charge in [-0.1, -0.05) is 11.8 Å². The maximum Gasteiger partial charge on any atom is 0.251 e. The highest BCUT2D eigenvalue weighted by Gasteiger charge is 2.06. The fourth-order valence-corrected chi connectivity index (χ4v) is 1.94. The molecule has 0 radical (unpaired) electrons. The smallest absolute Gasteiger partial charge is 0.251 e. The summed E-state index contributed by atoms with van der Waals surface area (Å²) in [6, 6.07) is 5.43. The summed E-state index contributed by atoms with van der Waals surface area (Å²) in [5, 5.41) is 2.74. The van der Waals surface area contributed by atoms with E-state index in [9.17, 15) is 9.00 Å². The summed E-state index contributed by atoms with van der Waals surface area (Å²) >= 11 is 0. The van der Waals surface area contributed by atoms with Crippen molar-refractivity contribution in [3.8, 4) is 11.8 Å². The Morgan fingerprint density at radius 2 is 2.16 bits per heavy atom. The second-order valence-electron chi connectivity index (χ2n) is 4.13. The Balaban J connectivity index is 2.79. The highest BCUT2D eigenvalue weighted by molar-refractivity contribution is 7.84. The topological polar surface area (TPSA) is 72.2 Å². The summed E-state index contributed by atoms with van der Waals surface area (Å²) in [5.41, 5.74) is 7.62. The molecule has 5 heteroatoms. The Hall–Kier alpha value is -1.64. The second kappa shape index (κ2) is 7.72. The number of amides is 1. The largest absolute Gasteiger partial charge is 0.351 e. The highest BCUT2D eigenvalue weighted by atomic mass is 32.2. The molecule has 0 saturated heterocycles. The van der Waals surface area contributed by atoms with Crippen molar-refractivity contribution in [2.24, 2.45) is 5.73 Å². The number of nitrogens with two attached hydrogens (primary N) is 1. The van der Waals surface area contributed by atoms with Crippen molar-refractivity contribution in [1.82, 2.24) is 5.32 Å². The first-order valence-electron chi connectivity index (χ1n) is 5.92. The maximum atomic E-state index is 11.9. The lowest BCUT2D eigenvalue weighted by atomic mass is 10.1. The van der Waals surface area contributed by atoms with E-state index in [1.807, 2.05) is 13.0 Å². The average Bonchev–Trinajstić information content (AvgIpc) is 2.35. The molecule has 0 aromatic heterocycles. The standard InChI is InChI=1S/C14H18N2O2S/c1-11-8-12(4-3-5-15)10-13(9-11)14(17)16-6-7-19(2)18/h8-10H,5-7,15H2,1-2H3,(H,16,17). The van der Waals surface area contributed by atoms with Gasteiger partial charge >= 0.3 is 0 Å². The Morgan fingerprint density at radius 3 is 2.79 bits per heavy atom. The van der Waals surface area contributed by atoms with E-state index in [2.05, 4.69) is 17.2 Å². The molecule has 3 N–H and O–H groups in total. The minimum Gasteiger partial charge on any atom is -0.351 e. The molecule has 4 nitrogen and oxygen atoms in total. The first-order chi connectivity index (χ1) is 9.02. The van der Waals surface area contributed by atoms with Crippen LogP contribution in [0.1, 0.15) is 21.5 Å². The molecular formula is C14H18N2O2S. The van der Waals surface area contributed by atoms with Gasteiger partial charge in [0.2, 0.25) is 0 Å². The fourth-order valence-electron chi connectivity index (χ4n) is 1.55. The van der Waals surface area contributed by atoms with Crippen LogP contribution in [-0.4, -0.2) is 35.2 Å². The van der Waals surface area contributed by atoms with E-state index in [1.165, 1.54) is 0 Å². The van der Waals surface area contributed by atoms with Gasteiger partial charge in [0.15, 0.2) is 0 Å². The van der Waals surface area contributed by atoms with Crippen molar-refractivity contribution in [1.29, 1.82) is 0 Å². The Morgan fingerprint density at radius 1 is 1.42 bits per heavy atom. The number of benzene rings is 1. The van der Waals surface area contributed by atoms with Gasteiger partial charge < -0.3 is 11.1 Å².